The first kappa shape index (κ1) is 14.5. The lowest BCUT2D eigenvalue weighted by molar-refractivity contribution is 0.487. The minimum absolute atomic E-state index is 0.466. The zero-order chi connectivity index (χ0) is 12.0. The Morgan fingerprint density at radius 2 is 2.19 bits per heavy atom. The molecule has 1 unspecified atom stereocenters. The van der Waals surface area contributed by atoms with Gasteiger partial charge < -0.3 is 5.32 Å². The van der Waals surface area contributed by atoms with Crippen molar-refractivity contribution in [1.29, 1.82) is 0 Å². The predicted molar refractivity (Wildman–Crippen MR) is 77.6 cm³/mol. The summed E-state index contributed by atoms with van der Waals surface area (Å²) in [5, 5.41) is 3.59. The standard InChI is InChI=1S/C12H19BrClNS/c1-3-5-6-10(15-7-4-2)11-8-9(13)12(14)16-11/h8,10,15H,3-7H2,1-2H3. The maximum Gasteiger partial charge on any atom is 0.107 e. The van der Waals surface area contributed by atoms with Crippen LogP contribution in [0.4, 0.5) is 0 Å². The monoisotopic (exact) mass is 323 g/mol. The molecule has 1 aromatic heterocycles. The summed E-state index contributed by atoms with van der Waals surface area (Å²) in [6, 6.07) is 2.62. The molecule has 0 saturated carbocycles. The lowest BCUT2D eigenvalue weighted by Gasteiger charge is -2.16. The van der Waals surface area contributed by atoms with Crippen molar-refractivity contribution in [2.45, 2.75) is 45.6 Å². The third-order valence-electron chi connectivity index (χ3n) is 2.49. The number of rotatable bonds is 7. The first-order chi connectivity index (χ1) is 7.69. The Bertz CT molecular complexity index is 286. The molecule has 0 fully saturated rings. The second-order valence-corrected chi connectivity index (χ2v) is 6.46. The second-order valence-electron chi connectivity index (χ2n) is 3.92. The maximum absolute atomic E-state index is 6.09. The van der Waals surface area contributed by atoms with Crippen LogP contribution in [0, 0.1) is 0 Å². The van der Waals surface area contributed by atoms with Crippen molar-refractivity contribution >= 4 is 38.9 Å². The van der Waals surface area contributed by atoms with Crippen molar-refractivity contribution in [2.75, 3.05) is 6.54 Å². The summed E-state index contributed by atoms with van der Waals surface area (Å²) in [6.07, 6.45) is 4.86. The van der Waals surface area contributed by atoms with Gasteiger partial charge in [0.1, 0.15) is 4.34 Å². The SMILES string of the molecule is CCCCC(NCCC)c1cc(Br)c(Cl)s1. The van der Waals surface area contributed by atoms with Crippen molar-refractivity contribution in [3.63, 3.8) is 0 Å². The van der Waals surface area contributed by atoms with Crippen LogP contribution in [-0.4, -0.2) is 6.54 Å². The van der Waals surface area contributed by atoms with E-state index in [1.165, 1.54) is 30.6 Å². The quantitative estimate of drug-likeness (QED) is 0.708. The van der Waals surface area contributed by atoms with Crippen LogP contribution in [0.3, 0.4) is 0 Å². The van der Waals surface area contributed by atoms with E-state index < -0.39 is 0 Å². The molecule has 1 N–H and O–H groups in total. The highest BCUT2D eigenvalue weighted by Gasteiger charge is 2.14. The van der Waals surface area contributed by atoms with E-state index in [0.717, 1.165) is 15.4 Å². The molecule has 1 atom stereocenters. The van der Waals surface area contributed by atoms with E-state index in [9.17, 15) is 0 Å². The van der Waals surface area contributed by atoms with Gasteiger partial charge >= 0.3 is 0 Å². The summed E-state index contributed by atoms with van der Waals surface area (Å²) in [6.45, 7) is 5.50. The molecule has 92 valence electrons. The summed E-state index contributed by atoms with van der Waals surface area (Å²) in [5.74, 6) is 0. The molecule has 16 heavy (non-hydrogen) atoms. The van der Waals surface area contributed by atoms with E-state index >= 15 is 0 Å². The zero-order valence-electron chi connectivity index (χ0n) is 9.85. The van der Waals surface area contributed by atoms with Gasteiger partial charge in [-0.15, -0.1) is 11.3 Å². The van der Waals surface area contributed by atoms with Gasteiger partial charge in [-0.25, -0.2) is 0 Å². The molecule has 1 nitrogen and oxygen atoms in total. The average molecular weight is 325 g/mol. The van der Waals surface area contributed by atoms with E-state index in [1.807, 2.05) is 0 Å². The van der Waals surface area contributed by atoms with E-state index in [2.05, 4.69) is 41.2 Å². The molecule has 1 rings (SSSR count). The molecular weight excluding hydrogens is 306 g/mol. The van der Waals surface area contributed by atoms with Gasteiger partial charge in [0.15, 0.2) is 0 Å². The number of thiophene rings is 1. The van der Waals surface area contributed by atoms with Crippen LogP contribution >= 0.6 is 38.9 Å². The van der Waals surface area contributed by atoms with Gasteiger partial charge in [0.25, 0.3) is 0 Å². The van der Waals surface area contributed by atoms with E-state index in [1.54, 1.807) is 11.3 Å². The molecule has 1 aromatic rings. The largest absolute Gasteiger partial charge is 0.309 e. The minimum Gasteiger partial charge on any atom is -0.309 e. The van der Waals surface area contributed by atoms with Gasteiger partial charge in [-0.05, 0) is 41.4 Å². The normalized spacial score (nSPS) is 13.0. The molecule has 0 aliphatic carbocycles. The fourth-order valence-electron chi connectivity index (χ4n) is 1.61. The fourth-order valence-corrected chi connectivity index (χ4v) is 3.45. The summed E-state index contributed by atoms with van der Waals surface area (Å²) in [7, 11) is 0. The number of hydrogen-bond donors (Lipinski definition) is 1. The predicted octanol–water partition coefficient (Wildman–Crippen LogP) is 5.39. The summed E-state index contributed by atoms with van der Waals surface area (Å²) in [4.78, 5) is 1.35. The first-order valence-electron chi connectivity index (χ1n) is 5.87. The van der Waals surface area contributed by atoms with Crippen LogP contribution in [0.1, 0.15) is 50.4 Å². The number of nitrogens with one attached hydrogen (secondary N) is 1. The Balaban J connectivity index is 2.66. The second kappa shape index (κ2) is 7.70. The highest BCUT2D eigenvalue weighted by atomic mass is 79.9. The van der Waals surface area contributed by atoms with Crippen LogP contribution < -0.4 is 5.32 Å². The molecule has 4 heteroatoms. The zero-order valence-corrected chi connectivity index (χ0v) is 13.0. The van der Waals surface area contributed by atoms with E-state index in [0.29, 0.717) is 6.04 Å². The Labute approximate surface area is 116 Å². The summed E-state index contributed by atoms with van der Waals surface area (Å²) >= 11 is 11.2. The van der Waals surface area contributed by atoms with Crippen molar-refractivity contribution < 1.29 is 0 Å². The molecule has 0 bridgehead atoms. The number of hydrogen-bond acceptors (Lipinski definition) is 2. The van der Waals surface area contributed by atoms with Crippen LogP contribution in [0.25, 0.3) is 0 Å². The molecule has 1 heterocycles. The highest BCUT2D eigenvalue weighted by molar-refractivity contribution is 9.10. The van der Waals surface area contributed by atoms with Crippen molar-refractivity contribution in [3.8, 4) is 0 Å². The van der Waals surface area contributed by atoms with Gasteiger partial charge in [0, 0.05) is 15.4 Å². The van der Waals surface area contributed by atoms with Gasteiger partial charge in [-0.2, -0.15) is 0 Å². The summed E-state index contributed by atoms with van der Waals surface area (Å²) in [5.41, 5.74) is 0. The van der Waals surface area contributed by atoms with Crippen LogP contribution in [0.5, 0.6) is 0 Å². The summed E-state index contributed by atoms with van der Waals surface area (Å²) < 4.78 is 1.88. The average Bonchev–Trinajstić information content (AvgIpc) is 2.59. The number of halogens is 2. The molecule has 0 aromatic carbocycles. The van der Waals surface area contributed by atoms with Crippen molar-refractivity contribution in [3.05, 3.63) is 19.8 Å². The molecule has 0 saturated heterocycles. The first-order valence-corrected chi connectivity index (χ1v) is 7.85. The van der Waals surface area contributed by atoms with E-state index in [-0.39, 0.29) is 0 Å². The molecule has 0 spiro atoms. The van der Waals surface area contributed by atoms with Gasteiger partial charge in [-0.3, -0.25) is 0 Å². The maximum atomic E-state index is 6.09. The molecular formula is C12H19BrClNS. The lowest BCUT2D eigenvalue weighted by atomic mass is 10.1. The molecule has 0 radical (unpaired) electrons. The van der Waals surface area contributed by atoms with Gasteiger partial charge in [-0.1, -0.05) is 38.3 Å². The number of unbranched alkanes of at least 4 members (excludes halogenated alkanes) is 1. The molecule has 0 amide bonds. The third kappa shape index (κ3) is 4.36. The topological polar surface area (TPSA) is 12.0 Å². The highest BCUT2D eigenvalue weighted by Crippen LogP contribution is 2.36. The van der Waals surface area contributed by atoms with Crippen LogP contribution in [-0.2, 0) is 0 Å². The van der Waals surface area contributed by atoms with Gasteiger partial charge in [0.2, 0.25) is 0 Å². The Kier molecular flexibility index (Phi) is 6.97. The van der Waals surface area contributed by atoms with Crippen molar-refractivity contribution in [1.82, 2.24) is 5.32 Å². The Morgan fingerprint density at radius 1 is 1.44 bits per heavy atom. The van der Waals surface area contributed by atoms with E-state index in [4.69, 9.17) is 11.6 Å². The van der Waals surface area contributed by atoms with Crippen LogP contribution in [0.2, 0.25) is 4.34 Å². The Morgan fingerprint density at radius 3 is 2.69 bits per heavy atom. The lowest BCUT2D eigenvalue weighted by Crippen LogP contribution is -2.21. The smallest absolute Gasteiger partial charge is 0.107 e. The molecule has 0 aliphatic rings. The molecule has 0 aliphatic heterocycles. The Hall–Kier alpha value is 0.430. The van der Waals surface area contributed by atoms with Gasteiger partial charge in [0.05, 0.1) is 0 Å². The fraction of sp³-hybridized carbons (Fsp3) is 0.667. The van der Waals surface area contributed by atoms with Crippen LogP contribution in [0.15, 0.2) is 10.5 Å². The third-order valence-corrected chi connectivity index (χ3v) is 5.08. The van der Waals surface area contributed by atoms with Crippen molar-refractivity contribution in [2.24, 2.45) is 0 Å². The minimum atomic E-state index is 0.466.